The molecule has 0 aromatic carbocycles. The maximum Gasteiger partial charge on any atom is 0.409 e. The van der Waals surface area contributed by atoms with Crippen molar-refractivity contribution in [2.24, 2.45) is 5.41 Å². The second kappa shape index (κ2) is 5.60. The van der Waals surface area contributed by atoms with E-state index in [1.807, 2.05) is 0 Å². The van der Waals surface area contributed by atoms with E-state index in [0.29, 0.717) is 26.1 Å². The third-order valence-corrected chi connectivity index (χ3v) is 5.22. The van der Waals surface area contributed by atoms with Crippen LogP contribution in [0.15, 0.2) is 0 Å². The lowest BCUT2D eigenvalue weighted by atomic mass is 10.0. The van der Waals surface area contributed by atoms with Crippen LogP contribution in [-0.4, -0.2) is 47.0 Å². The number of piperidine rings is 1. The number of halogens is 2. The molecule has 2 aliphatic rings. The number of amides is 2. The van der Waals surface area contributed by atoms with E-state index in [4.69, 9.17) is 27.9 Å². The topological polar surface area (TPSA) is 58.6 Å². The van der Waals surface area contributed by atoms with E-state index in [1.165, 1.54) is 0 Å². The Morgan fingerprint density at radius 2 is 1.90 bits per heavy atom. The standard InChI is InChI=1S/C13H20Cl2N2O3/c1-3-20-11(19)17-6-4-9(5-7-17)16-10(18)12(2)8-13(12,14)15/h9H,3-8H2,1-2H3,(H,16,18)/t12-/m0/s1. The van der Waals surface area contributed by atoms with Gasteiger partial charge in [-0.25, -0.2) is 4.79 Å². The van der Waals surface area contributed by atoms with Crippen LogP contribution >= 0.6 is 23.2 Å². The van der Waals surface area contributed by atoms with Crippen molar-refractivity contribution in [3.8, 4) is 0 Å². The van der Waals surface area contributed by atoms with Gasteiger partial charge in [0.05, 0.1) is 12.0 Å². The van der Waals surface area contributed by atoms with E-state index < -0.39 is 9.75 Å². The van der Waals surface area contributed by atoms with Gasteiger partial charge in [-0.1, -0.05) is 0 Å². The van der Waals surface area contributed by atoms with Crippen molar-refractivity contribution in [2.45, 2.75) is 43.5 Å². The van der Waals surface area contributed by atoms with Crippen molar-refractivity contribution < 1.29 is 14.3 Å². The number of carbonyl (C=O) groups excluding carboxylic acids is 2. The summed E-state index contributed by atoms with van der Waals surface area (Å²) in [6.45, 7) is 5.12. The molecule has 20 heavy (non-hydrogen) atoms. The monoisotopic (exact) mass is 322 g/mol. The molecule has 1 saturated heterocycles. The van der Waals surface area contributed by atoms with Gasteiger partial charge < -0.3 is 15.0 Å². The number of nitrogens with zero attached hydrogens (tertiary/aromatic N) is 1. The summed E-state index contributed by atoms with van der Waals surface area (Å²) in [5.41, 5.74) is -0.686. The summed E-state index contributed by atoms with van der Waals surface area (Å²) in [6, 6.07) is 0.0646. The largest absolute Gasteiger partial charge is 0.450 e. The number of alkyl halides is 2. The fourth-order valence-corrected chi connectivity index (χ4v) is 3.12. The molecule has 1 saturated carbocycles. The Bertz CT molecular complexity index is 408. The molecule has 0 spiro atoms. The number of rotatable bonds is 3. The number of ether oxygens (including phenoxy) is 1. The number of nitrogens with one attached hydrogen (secondary N) is 1. The zero-order chi connectivity index (χ0) is 15.0. The van der Waals surface area contributed by atoms with Crippen molar-refractivity contribution in [3.63, 3.8) is 0 Å². The van der Waals surface area contributed by atoms with E-state index >= 15 is 0 Å². The third kappa shape index (κ3) is 2.98. The second-order valence-electron chi connectivity index (χ2n) is 5.65. The van der Waals surface area contributed by atoms with Crippen molar-refractivity contribution >= 4 is 35.2 Å². The molecule has 114 valence electrons. The molecule has 1 heterocycles. The highest BCUT2D eigenvalue weighted by atomic mass is 35.5. The number of carbonyl (C=O) groups is 2. The van der Waals surface area contributed by atoms with Crippen molar-refractivity contribution in [1.29, 1.82) is 0 Å². The molecular weight excluding hydrogens is 303 g/mol. The first-order chi connectivity index (χ1) is 9.30. The maximum absolute atomic E-state index is 12.1. The Morgan fingerprint density at radius 3 is 2.35 bits per heavy atom. The molecule has 0 aromatic heterocycles. The first-order valence-corrected chi connectivity index (χ1v) is 7.66. The minimum atomic E-state index is -0.942. The minimum absolute atomic E-state index is 0.0646. The van der Waals surface area contributed by atoms with Crippen molar-refractivity contribution in [1.82, 2.24) is 10.2 Å². The van der Waals surface area contributed by atoms with Crippen LogP contribution in [0.2, 0.25) is 0 Å². The molecule has 0 bridgehead atoms. The smallest absolute Gasteiger partial charge is 0.409 e. The van der Waals surface area contributed by atoms with Gasteiger partial charge in [0.2, 0.25) is 5.91 Å². The predicted octanol–water partition coefficient (Wildman–Crippen LogP) is 2.31. The Labute approximate surface area is 128 Å². The molecule has 5 nitrogen and oxygen atoms in total. The van der Waals surface area contributed by atoms with E-state index in [2.05, 4.69) is 5.32 Å². The quantitative estimate of drug-likeness (QED) is 0.811. The van der Waals surface area contributed by atoms with Crippen LogP contribution in [0.4, 0.5) is 4.79 Å². The van der Waals surface area contributed by atoms with Crippen LogP contribution in [0.25, 0.3) is 0 Å². The van der Waals surface area contributed by atoms with Gasteiger partial charge in [0, 0.05) is 19.1 Å². The van der Waals surface area contributed by atoms with Gasteiger partial charge in [-0.05, 0) is 33.1 Å². The summed E-state index contributed by atoms with van der Waals surface area (Å²) >= 11 is 12.0. The third-order valence-electron chi connectivity index (χ3n) is 4.12. The Balaban J connectivity index is 1.78. The molecule has 1 atom stereocenters. The van der Waals surface area contributed by atoms with Crippen LogP contribution in [0, 0.1) is 5.41 Å². The summed E-state index contributed by atoms with van der Waals surface area (Å²) in [5, 5.41) is 2.98. The normalized spacial score (nSPS) is 28.9. The molecule has 1 N–H and O–H groups in total. The molecule has 0 unspecified atom stereocenters. The molecule has 7 heteroatoms. The number of hydrogen-bond acceptors (Lipinski definition) is 3. The lowest BCUT2D eigenvalue weighted by Gasteiger charge is -2.32. The fourth-order valence-electron chi connectivity index (χ4n) is 2.41. The molecule has 2 rings (SSSR count). The zero-order valence-electron chi connectivity index (χ0n) is 11.7. The van der Waals surface area contributed by atoms with Crippen molar-refractivity contribution in [3.05, 3.63) is 0 Å². The van der Waals surface area contributed by atoms with E-state index in [-0.39, 0.29) is 18.0 Å². The SMILES string of the molecule is CCOC(=O)N1CCC(NC(=O)[C@]2(C)CC2(Cl)Cl)CC1. The first kappa shape index (κ1) is 15.7. The molecule has 2 fully saturated rings. The number of hydrogen-bond donors (Lipinski definition) is 1. The van der Waals surface area contributed by atoms with Gasteiger partial charge in [0.25, 0.3) is 0 Å². The number of likely N-dealkylation sites (tertiary alicyclic amines) is 1. The maximum atomic E-state index is 12.1. The van der Waals surface area contributed by atoms with E-state index in [0.717, 1.165) is 12.8 Å². The second-order valence-corrected chi connectivity index (χ2v) is 7.13. The molecule has 1 aliphatic carbocycles. The summed E-state index contributed by atoms with van der Waals surface area (Å²) in [7, 11) is 0. The average molecular weight is 323 g/mol. The van der Waals surface area contributed by atoms with Crippen molar-refractivity contribution in [2.75, 3.05) is 19.7 Å². The first-order valence-electron chi connectivity index (χ1n) is 6.90. The molecule has 2 amide bonds. The van der Waals surface area contributed by atoms with Gasteiger partial charge in [-0.2, -0.15) is 0 Å². The summed E-state index contributed by atoms with van der Waals surface area (Å²) < 4.78 is 4.01. The van der Waals surface area contributed by atoms with Crippen LogP contribution < -0.4 is 5.32 Å². The van der Waals surface area contributed by atoms with Crippen LogP contribution in [0.1, 0.15) is 33.1 Å². The van der Waals surface area contributed by atoms with Crippen LogP contribution in [-0.2, 0) is 9.53 Å². The van der Waals surface area contributed by atoms with Gasteiger partial charge >= 0.3 is 6.09 Å². The Hall–Kier alpha value is -0.680. The lowest BCUT2D eigenvalue weighted by molar-refractivity contribution is -0.126. The average Bonchev–Trinajstić information content (AvgIpc) is 2.91. The Morgan fingerprint density at radius 1 is 1.35 bits per heavy atom. The zero-order valence-corrected chi connectivity index (χ0v) is 13.3. The molecular formula is C13H20Cl2N2O3. The van der Waals surface area contributed by atoms with E-state index in [1.54, 1.807) is 18.7 Å². The molecule has 0 radical (unpaired) electrons. The van der Waals surface area contributed by atoms with Gasteiger partial charge in [-0.15, -0.1) is 23.2 Å². The summed E-state index contributed by atoms with van der Waals surface area (Å²) in [6.07, 6.45) is 1.64. The molecule has 0 aromatic rings. The lowest BCUT2D eigenvalue weighted by Crippen LogP contribution is -2.48. The summed E-state index contributed by atoms with van der Waals surface area (Å²) in [5.74, 6) is -0.0999. The van der Waals surface area contributed by atoms with Gasteiger partial charge in [0.1, 0.15) is 4.33 Å². The fraction of sp³-hybridized carbons (Fsp3) is 0.846. The highest BCUT2D eigenvalue weighted by Gasteiger charge is 2.68. The minimum Gasteiger partial charge on any atom is -0.450 e. The highest BCUT2D eigenvalue weighted by molar-refractivity contribution is 6.53. The predicted molar refractivity (Wildman–Crippen MR) is 76.9 cm³/mol. The van der Waals surface area contributed by atoms with Crippen LogP contribution in [0.5, 0.6) is 0 Å². The van der Waals surface area contributed by atoms with Gasteiger partial charge in [0.15, 0.2) is 0 Å². The Kier molecular flexibility index (Phi) is 4.40. The van der Waals surface area contributed by atoms with E-state index in [9.17, 15) is 9.59 Å². The highest BCUT2D eigenvalue weighted by Crippen LogP contribution is 2.63. The summed E-state index contributed by atoms with van der Waals surface area (Å²) in [4.78, 5) is 25.4. The van der Waals surface area contributed by atoms with Crippen LogP contribution in [0.3, 0.4) is 0 Å². The van der Waals surface area contributed by atoms with Gasteiger partial charge in [-0.3, -0.25) is 4.79 Å². The molecule has 1 aliphatic heterocycles.